The van der Waals surface area contributed by atoms with Crippen molar-refractivity contribution in [2.75, 3.05) is 11.5 Å². The lowest BCUT2D eigenvalue weighted by molar-refractivity contribution is -0.273. The summed E-state index contributed by atoms with van der Waals surface area (Å²) in [6.07, 6.45) is -0.208. The molecule has 3 fully saturated rings. The predicted octanol–water partition coefficient (Wildman–Crippen LogP) is 6.32. The number of fused-ring (bicyclic) bond motifs is 3. The highest BCUT2D eigenvalue weighted by atomic mass is 79.9. The number of rotatable bonds is 7. The number of phenols is 1. The van der Waals surface area contributed by atoms with Gasteiger partial charge >= 0.3 is 0 Å². The zero-order valence-electron chi connectivity index (χ0n) is 27.3. The number of nitrogens with zero attached hydrogens (tertiary/aromatic N) is 1. The number of anilines is 1. The molecule has 1 saturated carbocycles. The van der Waals surface area contributed by atoms with Crippen molar-refractivity contribution < 1.29 is 29.0 Å². The van der Waals surface area contributed by atoms with E-state index < -0.39 is 43.9 Å². The average molecular weight is 727 g/mol. The Labute approximate surface area is 290 Å². The highest BCUT2D eigenvalue weighted by Gasteiger charge is 2.67. The molecule has 7 rings (SSSR count). The zero-order chi connectivity index (χ0) is 33.8. The third kappa shape index (κ3) is 5.27. The van der Waals surface area contributed by atoms with Crippen LogP contribution in [0.2, 0.25) is 5.04 Å². The fourth-order valence-corrected chi connectivity index (χ4v) is 13.5. The maximum atomic E-state index is 14.2. The molecule has 48 heavy (non-hydrogen) atoms. The number of aliphatic hydroxyl groups is 1. The molecule has 2 aliphatic heterocycles. The topological polar surface area (TPSA) is 96.3 Å². The maximum absolute atomic E-state index is 14.2. The van der Waals surface area contributed by atoms with Gasteiger partial charge in [0.2, 0.25) is 11.8 Å². The number of halogens is 1. The fourth-order valence-electron chi connectivity index (χ4n) is 8.47. The van der Waals surface area contributed by atoms with Gasteiger partial charge in [-0.2, -0.15) is 0 Å². The van der Waals surface area contributed by atoms with Crippen LogP contribution < -0.4 is 15.3 Å². The van der Waals surface area contributed by atoms with E-state index in [9.17, 15) is 19.8 Å². The van der Waals surface area contributed by atoms with Crippen molar-refractivity contribution in [1.29, 1.82) is 0 Å². The van der Waals surface area contributed by atoms with E-state index in [0.29, 0.717) is 11.3 Å². The van der Waals surface area contributed by atoms with E-state index in [1.807, 2.05) is 42.5 Å². The maximum Gasteiger partial charge on any atom is 0.261 e. The van der Waals surface area contributed by atoms with Crippen LogP contribution in [-0.4, -0.2) is 42.7 Å². The first-order valence-corrected chi connectivity index (χ1v) is 19.2. The molecule has 3 aliphatic rings. The molecule has 2 saturated heterocycles. The molecule has 0 unspecified atom stereocenters. The molecule has 7 nitrogen and oxygen atoms in total. The molecule has 0 aromatic heterocycles. The molecular formula is C39H40BrNO6Si. The molecule has 0 spiro atoms. The summed E-state index contributed by atoms with van der Waals surface area (Å²) in [6, 6.07) is 34.7. The van der Waals surface area contributed by atoms with Crippen molar-refractivity contribution in [3.63, 3.8) is 0 Å². The van der Waals surface area contributed by atoms with Gasteiger partial charge in [0.1, 0.15) is 5.75 Å². The van der Waals surface area contributed by atoms with Crippen molar-refractivity contribution >= 4 is 52.1 Å². The molecule has 0 radical (unpaired) electrons. The smallest absolute Gasteiger partial charge is 0.261 e. The van der Waals surface area contributed by atoms with Crippen LogP contribution in [0.3, 0.4) is 0 Å². The summed E-state index contributed by atoms with van der Waals surface area (Å²) in [6.45, 7) is 6.71. The van der Waals surface area contributed by atoms with Crippen molar-refractivity contribution in [2.45, 2.75) is 50.5 Å². The Kier molecular flexibility index (Phi) is 8.49. The minimum atomic E-state index is -3.01. The van der Waals surface area contributed by atoms with E-state index in [4.69, 9.17) is 9.16 Å². The lowest BCUT2D eigenvalue weighted by Crippen LogP contribution is -2.67. The molecule has 248 valence electrons. The molecule has 4 aromatic carbocycles. The number of phenolic OH excluding ortho intramolecular Hbond substituents is 1. The number of para-hydroxylation sites is 1. The third-order valence-electron chi connectivity index (χ3n) is 10.6. The summed E-state index contributed by atoms with van der Waals surface area (Å²) in [4.78, 5) is 29.6. The van der Waals surface area contributed by atoms with E-state index in [1.54, 1.807) is 42.5 Å². The first-order valence-electron chi connectivity index (χ1n) is 16.5. The summed E-state index contributed by atoms with van der Waals surface area (Å²) in [5.74, 6) is -5.07. The highest BCUT2D eigenvalue weighted by Crippen LogP contribution is 2.59. The lowest BCUT2D eigenvalue weighted by atomic mass is 9.64. The number of benzene rings is 4. The predicted molar refractivity (Wildman–Crippen MR) is 190 cm³/mol. The minimum absolute atomic E-state index is 0.0434. The normalized spacial score (nSPS) is 27.2. The second kappa shape index (κ2) is 12.4. The van der Waals surface area contributed by atoms with Crippen LogP contribution in [0.5, 0.6) is 5.75 Å². The number of ether oxygens (including phenoxy) is 1. The number of carbonyl (C=O) groups excluding carboxylic acids is 2. The molecule has 1 aliphatic carbocycles. The van der Waals surface area contributed by atoms with E-state index >= 15 is 0 Å². The fraction of sp³-hybridized carbons (Fsp3) is 0.333. The molecular weight excluding hydrogens is 686 g/mol. The molecule has 2 N–H and O–H groups in total. The lowest BCUT2D eigenvalue weighted by Gasteiger charge is -2.48. The second-order valence-corrected chi connectivity index (χ2v) is 19.5. The van der Waals surface area contributed by atoms with Crippen LogP contribution in [0, 0.1) is 23.7 Å². The number of hydrogen-bond donors (Lipinski definition) is 2. The van der Waals surface area contributed by atoms with Gasteiger partial charge in [-0.15, -0.1) is 0 Å². The van der Waals surface area contributed by atoms with Gasteiger partial charge in [0.25, 0.3) is 8.32 Å². The summed E-state index contributed by atoms with van der Waals surface area (Å²) >= 11 is 3.50. The average Bonchev–Trinajstić information content (AvgIpc) is 3.56. The van der Waals surface area contributed by atoms with Gasteiger partial charge in [-0.3, -0.25) is 14.5 Å². The Bertz CT molecular complexity index is 1780. The number of amides is 2. The van der Waals surface area contributed by atoms with Crippen LogP contribution in [0.25, 0.3) is 0 Å². The van der Waals surface area contributed by atoms with Gasteiger partial charge in [0.05, 0.1) is 23.6 Å². The van der Waals surface area contributed by atoms with Gasteiger partial charge in [-0.25, -0.2) is 0 Å². The first-order chi connectivity index (χ1) is 23.0. The van der Waals surface area contributed by atoms with Crippen LogP contribution in [0.4, 0.5) is 5.69 Å². The largest absolute Gasteiger partial charge is 0.508 e. The van der Waals surface area contributed by atoms with E-state index in [2.05, 4.69) is 61.0 Å². The van der Waals surface area contributed by atoms with Crippen LogP contribution in [0.1, 0.15) is 45.3 Å². The Hall–Kier alpha value is -3.60. The Morgan fingerprint density at radius 1 is 0.875 bits per heavy atom. The molecule has 9 heteroatoms. The third-order valence-corrected chi connectivity index (χ3v) is 16.1. The molecule has 2 amide bonds. The highest BCUT2D eigenvalue weighted by molar-refractivity contribution is 9.10. The standard InChI is InChI=1S/C39H40BrNO6Si/c1-38(2,3)48(28-15-9-5-10-16-28,29-17-11-6-12-18-29)46-24-25-21-31-35(37(44)41(36(31)43)27-13-7-4-8-14-27)32-23-34(47-39(25,32)45)30-22-26(40)19-20-33(30)42/h4-20,22,25,31-32,34-35,42,45H,21,23-24H2,1-3H3/t25-,31+,32+,34+,35+,39-/m1/s1. The summed E-state index contributed by atoms with van der Waals surface area (Å²) in [5, 5.41) is 25.5. The van der Waals surface area contributed by atoms with Crippen molar-refractivity contribution in [3.05, 3.63) is 119 Å². The Balaban J connectivity index is 1.31. The van der Waals surface area contributed by atoms with E-state index in [-0.39, 0.29) is 42.1 Å². The van der Waals surface area contributed by atoms with Crippen molar-refractivity contribution in [3.8, 4) is 5.75 Å². The molecule has 0 bridgehead atoms. The van der Waals surface area contributed by atoms with E-state index in [1.165, 1.54) is 4.90 Å². The number of hydrogen-bond acceptors (Lipinski definition) is 6. The van der Waals surface area contributed by atoms with Crippen molar-refractivity contribution in [1.82, 2.24) is 0 Å². The zero-order valence-corrected chi connectivity index (χ0v) is 29.8. The van der Waals surface area contributed by atoms with Gasteiger partial charge in [-0.05, 0) is 58.6 Å². The van der Waals surface area contributed by atoms with Gasteiger partial charge in [0.15, 0.2) is 5.79 Å². The summed E-state index contributed by atoms with van der Waals surface area (Å²) in [7, 11) is -3.01. The quantitative estimate of drug-likeness (QED) is 0.171. The summed E-state index contributed by atoms with van der Waals surface area (Å²) < 4.78 is 14.7. The van der Waals surface area contributed by atoms with Crippen LogP contribution >= 0.6 is 15.9 Å². The molecule has 2 heterocycles. The van der Waals surface area contributed by atoms with Crippen LogP contribution in [-0.2, 0) is 18.8 Å². The van der Waals surface area contributed by atoms with Crippen LogP contribution in [0.15, 0.2) is 114 Å². The number of aromatic hydroxyl groups is 1. The van der Waals surface area contributed by atoms with E-state index in [0.717, 1.165) is 14.8 Å². The minimum Gasteiger partial charge on any atom is -0.508 e. The second-order valence-electron chi connectivity index (χ2n) is 14.3. The van der Waals surface area contributed by atoms with Crippen molar-refractivity contribution in [2.24, 2.45) is 23.7 Å². The first kappa shape index (κ1) is 32.9. The SMILES string of the molecule is CC(C)(C)[Si](OC[C@H]1C[C@@H]2C(=O)N(c3ccccc3)C(=O)[C@@H]2[C@@H]2C[C@@H](c3cc(Br)ccc3O)O[C@]12O)(c1ccccc1)c1ccccc1. The number of carbonyl (C=O) groups is 2. The Morgan fingerprint density at radius 2 is 1.46 bits per heavy atom. The molecule has 4 aromatic rings. The Morgan fingerprint density at radius 3 is 2.04 bits per heavy atom. The van der Waals surface area contributed by atoms with Gasteiger partial charge < -0.3 is 19.4 Å². The van der Waals surface area contributed by atoms with Gasteiger partial charge in [-0.1, -0.05) is 116 Å². The van der Waals surface area contributed by atoms with Gasteiger partial charge in [0, 0.05) is 28.5 Å². The molecule has 6 atom stereocenters. The monoisotopic (exact) mass is 725 g/mol. The summed E-state index contributed by atoms with van der Waals surface area (Å²) in [5.41, 5.74) is 1.04. The number of imide groups is 1.